The Hall–Kier alpha value is -1.58. The standard InChI is InChI=1S/C10H10BNO2/c11-14-10(12)9(7-13)6-8-4-2-1-3-5-8/h1-5,7,9,12H,6H2. The van der Waals surface area contributed by atoms with Gasteiger partial charge in [0.15, 0.2) is 5.90 Å². The number of hydrogen-bond donors (Lipinski definition) is 1. The predicted molar refractivity (Wildman–Crippen MR) is 54.3 cm³/mol. The summed E-state index contributed by atoms with van der Waals surface area (Å²) in [6.07, 6.45) is 1.11. The summed E-state index contributed by atoms with van der Waals surface area (Å²) in [5.41, 5.74) is 0.978. The van der Waals surface area contributed by atoms with Gasteiger partial charge in [-0.2, -0.15) is 0 Å². The first-order valence-corrected chi connectivity index (χ1v) is 4.22. The van der Waals surface area contributed by atoms with E-state index in [0.717, 1.165) is 5.56 Å². The minimum atomic E-state index is -0.595. The van der Waals surface area contributed by atoms with Crippen LogP contribution in [0.4, 0.5) is 0 Å². The van der Waals surface area contributed by atoms with Gasteiger partial charge in [-0.1, -0.05) is 30.3 Å². The van der Waals surface area contributed by atoms with Gasteiger partial charge < -0.3 is 9.45 Å². The van der Waals surface area contributed by atoms with Crippen molar-refractivity contribution in [1.29, 1.82) is 5.41 Å². The molecular weight excluding hydrogens is 177 g/mol. The lowest BCUT2D eigenvalue weighted by Crippen LogP contribution is -2.19. The van der Waals surface area contributed by atoms with E-state index in [4.69, 9.17) is 13.5 Å². The van der Waals surface area contributed by atoms with Crippen LogP contribution < -0.4 is 0 Å². The van der Waals surface area contributed by atoms with Crippen molar-refractivity contribution in [1.82, 2.24) is 0 Å². The number of aldehydes is 1. The van der Waals surface area contributed by atoms with Gasteiger partial charge >= 0.3 is 8.05 Å². The van der Waals surface area contributed by atoms with E-state index in [1.165, 1.54) is 0 Å². The van der Waals surface area contributed by atoms with Gasteiger partial charge in [-0.3, -0.25) is 5.41 Å². The molecule has 0 aromatic heterocycles. The molecule has 1 aromatic carbocycles. The lowest BCUT2D eigenvalue weighted by molar-refractivity contribution is -0.109. The van der Waals surface area contributed by atoms with Crippen LogP contribution in [-0.4, -0.2) is 20.2 Å². The fraction of sp³-hybridized carbons (Fsp3) is 0.200. The maximum Gasteiger partial charge on any atom is 0.375 e. The molecular formula is C10H10BNO2. The van der Waals surface area contributed by atoms with E-state index < -0.39 is 5.92 Å². The van der Waals surface area contributed by atoms with Gasteiger partial charge in [0.2, 0.25) is 0 Å². The highest BCUT2D eigenvalue weighted by molar-refractivity contribution is 6.08. The molecule has 14 heavy (non-hydrogen) atoms. The molecule has 4 heteroatoms. The third-order valence-electron chi connectivity index (χ3n) is 1.93. The normalized spacial score (nSPS) is 11.7. The van der Waals surface area contributed by atoms with Crippen LogP contribution in [0.3, 0.4) is 0 Å². The van der Waals surface area contributed by atoms with Crippen molar-refractivity contribution in [3.8, 4) is 0 Å². The average molecular weight is 187 g/mol. The number of carbonyl (C=O) groups excluding carboxylic acids is 1. The van der Waals surface area contributed by atoms with Crippen LogP contribution in [0.25, 0.3) is 0 Å². The predicted octanol–water partition coefficient (Wildman–Crippen LogP) is 1.12. The van der Waals surface area contributed by atoms with E-state index in [2.05, 4.69) is 4.65 Å². The minimum absolute atomic E-state index is 0.205. The van der Waals surface area contributed by atoms with Crippen molar-refractivity contribution in [3.63, 3.8) is 0 Å². The highest BCUT2D eigenvalue weighted by atomic mass is 16.4. The highest BCUT2D eigenvalue weighted by Gasteiger charge is 2.14. The molecule has 2 radical (unpaired) electrons. The Morgan fingerprint density at radius 1 is 1.50 bits per heavy atom. The van der Waals surface area contributed by atoms with Crippen LogP contribution in [-0.2, 0) is 15.9 Å². The van der Waals surface area contributed by atoms with E-state index in [-0.39, 0.29) is 5.90 Å². The summed E-state index contributed by atoms with van der Waals surface area (Å²) >= 11 is 0. The molecule has 1 atom stereocenters. The fourth-order valence-electron chi connectivity index (χ4n) is 1.16. The van der Waals surface area contributed by atoms with Crippen molar-refractivity contribution >= 4 is 20.2 Å². The quantitative estimate of drug-likeness (QED) is 0.332. The summed E-state index contributed by atoms with van der Waals surface area (Å²) < 4.78 is 4.23. The number of hydrogen-bond acceptors (Lipinski definition) is 3. The van der Waals surface area contributed by atoms with Gasteiger partial charge in [0.05, 0.1) is 5.92 Å². The molecule has 1 unspecified atom stereocenters. The molecule has 1 rings (SSSR count). The molecule has 0 aliphatic carbocycles. The van der Waals surface area contributed by atoms with Crippen LogP contribution >= 0.6 is 0 Å². The topological polar surface area (TPSA) is 50.1 Å². The van der Waals surface area contributed by atoms with Crippen LogP contribution in [0.2, 0.25) is 0 Å². The van der Waals surface area contributed by atoms with E-state index in [9.17, 15) is 4.79 Å². The van der Waals surface area contributed by atoms with Crippen LogP contribution in [0.5, 0.6) is 0 Å². The Balaban J connectivity index is 2.66. The molecule has 0 saturated carbocycles. The zero-order chi connectivity index (χ0) is 10.4. The summed E-state index contributed by atoms with van der Waals surface area (Å²) in [5, 5.41) is 7.27. The molecule has 0 amide bonds. The smallest absolute Gasteiger partial charge is 0.375 e. The molecule has 1 aromatic rings. The Labute approximate surface area is 84.0 Å². The van der Waals surface area contributed by atoms with Gasteiger partial charge in [-0.15, -0.1) is 0 Å². The molecule has 0 bridgehead atoms. The number of benzene rings is 1. The lowest BCUT2D eigenvalue weighted by atomic mass is 10.0. The minimum Gasteiger partial charge on any atom is -0.558 e. The molecule has 0 spiro atoms. The molecule has 0 aliphatic rings. The van der Waals surface area contributed by atoms with Crippen LogP contribution in [0.15, 0.2) is 30.3 Å². The Bertz CT molecular complexity index is 313. The third kappa shape index (κ3) is 2.73. The van der Waals surface area contributed by atoms with E-state index in [0.29, 0.717) is 12.7 Å². The van der Waals surface area contributed by atoms with Gasteiger partial charge in [-0.05, 0) is 12.0 Å². The van der Waals surface area contributed by atoms with Gasteiger partial charge in [-0.25, -0.2) is 0 Å². The number of rotatable bonds is 4. The molecule has 0 heterocycles. The molecule has 0 saturated heterocycles. The summed E-state index contributed by atoms with van der Waals surface area (Å²) in [4.78, 5) is 10.6. The molecule has 0 aliphatic heterocycles. The Kier molecular flexibility index (Phi) is 3.92. The first-order chi connectivity index (χ1) is 6.77. The first kappa shape index (κ1) is 10.5. The number of carbonyl (C=O) groups is 1. The number of nitrogens with one attached hydrogen (secondary N) is 1. The molecule has 3 nitrogen and oxygen atoms in total. The zero-order valence-electron chi connectivity index (χ0n) is 7.64. The van der Waals surface area contributed by atoms with Crippen molar-refractivity contribution in [3.05, 3.63) is 35.9 Å². The summed E-state index contributed by atoms with van der Waals surface area (Å²) in [6.45, 7) is 0. The van der Waals surface area contributed by atoms with Crippen molar-refractivity contribution in [2.45, 2.75) is 6.42 Å². The van der Waals surface area contributed by atoms with E-state index >= 15 is 0 Å². The fourth-order valence-corrected chi connectivity index (χ4v) is 1.16. The van der Waals surface area contributed by atoms with Crippen molar-refractivity contribution < 1.29 is 9.45 Å². The van der Waals surface area contributed by atoms with Gasteiger partial charge in [0.25, 0.3) is 0 Å². The van der Waals surface area contributed by atoms with E-state index in [1.54, 1.807) is 0 Å². The zero-order valence-corrected chi connectivity index (χ0v) is 7.64. The SMILES string of the molecule is [B]OC(=N)C(C=O)Cc1ccccc1. The second-order valence-corrected chi connectivity index (χ2v) is 2.91. The first-order valence-electron chi connectivity index (χ1n) is 4.22. The largest absolute Gasteiger partial charge is 0.558 e. The summed E-state index contributed by atoms with van der Waals surface area (Å²) in [6, 6.07) is 9.43. The monoisotopic (exact) mass is 187 g/mol. The van der Waals surface area contributed by atoms with Crippen molar-refractivity contribution in [2.24, 2.45) is 5.92 Å². The average Bonchev–Trinajstić information content (AvgIpc) is 2.26. The Morgan fingerprint density at radius 2 is 2.14 bits per heavy atom. The van der Waals surface area contributed by atoms with Crippen LogP contribution in [0, 0.1) is 11.3 Å². The van der Waals surface area contributed by atoms with Gasteiger partial charge in [0, 0.05) is 0 Å². The second-order valence-electron chi connectivity index (χ2n) is 2.91. The van der Waals surface area contributed by atoms with Crippen LogP contribution in [0.1, 0.15) is 5.56 Å². The maximum atomic E-state index is 10.6. The maximum absolute atomic E-state index is 10.6. The molecule has 1 N–H and O–H groups in total. The van der Waals surface area contributed by atoms with Crippen molar-refractivity contribution in [2.75, 3.05) is 0 Å². The summed E-state index contributed by atoms with van der Waals surface area (Å²) in [7, 11) is 4.82. The molecule has 0 fully saturated rings. The Morgan fingerprint density at radius 3 is 2.64 bits per heavy atom. The molecule has 70 valence electrons. The summed E-state index contributed by atoms with van der Waals surface area (Å²) in [5.74, 6) is -0.800. The third-order valence-corrected chi connectivity index (χ3v) is 1.93. The van der Waals surface area contributed by atoms with E-state index in [1.807, 2.05) is 30.3 Å². The lowest BCUT2D eigenvalue weighted by Gasteiger charge is -2.10. The van der Waals surface area contributed by atoms with Gasteiger partial charge in [0.1, 0.15) is 6.29 Å². The highest BCUT2D eigenvalue weighted by Crippen LogP contribution is 2.08. The second kappa shape index (κ2) is 5.22.